The summed E-state index contributed by atoms with van der Waals surface area (Å²) in [5, 5.41) is 0. The molecule has 2 fully saturated rings. The quantitative estimate of drug-likeness (QED) is 0.692. The number of carbonyl (C=O) groups excluding carboxylic acids is 2. The van der Waals surface area contributed by atoms with Crippen LogP contribution in [0.4, 0.5) is 10.5 Å². The second kappa shape index (κ2) is 9.38. The highest BCUT2D eigenvalue weighted by molar-refractivity contribution is 5.95. The highest BCUT2D eigenvalue weighted by Crippen LogP contribution is 2.34. The molecule has 6 heteroatoms. The molecule has 1 saturated heterocycles. The van der Waals surface area contributed by atoms with E-state index in [1.807, 2.05) is 4.90 Å². The van der Waals surface area contributed by atoms with Crippen molar-refractivity contribution in [2.24, 2.45) is 0 Å². The summed E-state index contributed by atoms with van der Waals surface area (Å²) in [5.74, 6) is -0.205. The summed E-state index contributed by atoms with van der Waals surface area (Å²) in [6.45, 7) is 2.83. The second-order valence-electron chi connectivity index (χ2n) is 9.12. The Kier molecular flexibility index (Phi) is 6.61. The van der Waals surface area contributed by atoms with Crippen LogP contribution in [0.15, 0.2) is 18.2 Å². The lowest BCUT2D eigenvalue weighted by Gasteiger charge is -2.30. The number of benzene rings is 1. The van der Waals surface area contributed by atoms with Gasteiger partial charge in [0, 0.05) is 37.8 Å². The molecule has 4 rings (SSSR count). The van der Waals surface area contributed by atoms with Crippen molar-refractivity contribution in [3.8, 4) is 0 Å². The van der Waals surface area contributed by atoms with Crippen LogP contribution in [0.1, 0.15) is 56.1 Å². The number of urea groups is 1. The number of nitrogens with zero attached hydrogens (tertiary/aromatic N) is 3. The summed E-state index contributed by atoms with van der Waals surface area (Å²) < 4.78 is 4.86. The van der Waals surface area contributed by atoms with Gasteiger partial charge in [-0.1, -0.05) is 25.3 Å². The highest BCUT2D eigenvalue weighted by atomic mass is 16.5. The van der Waals surface area contributed by atoms with E-state index < -0.39 is 0 Å². The standard InChI is InChI=1S/C24H35N3O3/c1-25-14-12-18-8-9-21(16-19(18)13-15-25)27-22(10-11-23(28)30-2)17-26(24(27)29)20-6-4-3-5-7-20/h8-9,16,20,22H,3-7,10-15,17H2,1-2H3. The van der Waals surface area contributed by atoms with Gasteiger partial charge in [0.15, 0.2) is 0 Å². The Balaban J connectivity index is 1.59. The summed E-state index contributed by atoms with van der Waals surface area (Å²) >= 11 is 0. The van der Waals surface area contributed by atoms with E-state index in [0.717, 1.165) is 44.5 Å². The molecule has 2 amide bonds. The lowest BCUT2D eigenvalue weighted by Crippen LogP contribution is -2.40. The van der Waals surface area contributed by atoms with Crippen LogP contribution in [-0.2, 0) is 22.4 Å². The number of ether oxygens (including phenoxy) is 1. The zero-order valence-electron chi connectivity index (χ0n) is 18.4. The molecule has 164 valence electrons. The fraction of sp³-hybridized carbons (Fsp3) is 0.667. The first kappa shape index (κ1) is 21.2. The average molecular weight is 414 g/mol. The van der Waals surface area contributed by atoms with Gasteiger partial charge in [0.2, 0.25) is 0 Å². The van der Waals surface area contributed by atoms with Crippen LogP contribution >= 0.6 is 0 Å². The Labute approximate surface area is 180 Å². The topological polar surface area (TPSA) is 53.1 Å². The monoisotopic (exact) mass is 413 g/mol. The predicted molar refractivity (Wildman–Crippen MR) is 118 cm³/mol. The van der Waals surface area contributed by atoms with Gasteiger partial charge in [-0.25, -0.2) is 4.79 Å². The molecule has 2 heterocycles. The lowest BCUT2D eigenvalue weighted by molar-refractivity contribution is -0.140. The average Bonchev–Trinajstić information content (AvgIpc) is 2.99. The molecule has 2 aliphatic heterocycles. The maximum absolute atomic E-state index is 13.5. The predicted octanol–water partition coefficient (Wildman–Crippen LogP) is 3.61. The molecule has 0 bridgehead atoms. The van der Waals surface area contributed by atoms with Crippen molar-refractivity contribution >= 4 is 17.7 Å². The van der Waals surface area contributed by atoms with Crippen molar-refractivity contribution < 1.29 is 14.3 Å². The molecule has 3 aliphatic rings. The zero-order chi connectivity index (χ0) is 21.1. The van der Waals surface area contributed by atoms with Gasteiger partial charge in [-0.3, -0.25) is 9.69 Å². The Morgan fingerprint density at radius 2 is 1.83 bits per heavy atom. The number of fused-ring (bicyclic) bond motifs is 1. The van der Waals surface area contributed by atoms with Crippen LogP contribution in [0.5, 0.6) is 0 Å². The zero-order valence-corrected chi connectivity index (χ0v) is 18.4. The van der Waals surface area contributed by atoms with Gasteiger partial charge in [0.25, 0.3) is 0 Å². The summed E-state index contributed by atoms with van der Waals surface area (Å²) in [7, 11) is 3.60. The van der Waals surface area contributed by atoms with Gasteiger partial charge in [-0.15, -0.1) is 0 Å². The number of amides is 2. The molecular formula is C24H35N3O3. The number of hydrogen-bond donors (Lipinski definition) is 0. The molecular weight excluding hydrogens is 378 g/mol. The molecule has 1 atom stereocenters. The SMILES string of the molecule is COC(=O)CCC1CN(C2CCCCC2)C(=O)N1c1ccc2c(c1)CCN(C)CC2. The molecule has 0 spiro atoms. The van der Waals surface area contributed by atoms with Crippen molar-refractivity contribution in [2.75, 3.05) is 38.7 Å². The minimum atomic E-state index is -0.205. The first-order valence-electron chi connectivity index (χ1n) is 11.5. The number of methoxy groups -OCH3 is 1. The molecule has 0 N–H and O–H groups in total. The van der Waals surface area contributed by atoms with Crippen LogP contribution in [0.25, 0.3) is 0 Å². The maximum atomic E-state index is 13.5. The minimum absolute atomic E-state index is 0.0185. The third kappa shape index (κ3) is 4.48. The second-order valence-corrected chi connectivity index (χ2v) is 9.12. The number of anilines is 1. The van der Waals surface area contributed by atoms with Gasteiger partial charge < -0.3 is 14.5 Å². The molecule has 1 unspecified atom stereocenters. The lowest BCUT2D eigenvalue weighted by atomic mass is 9.94. The smallest absolute Gasteiger partial charge is 0.325 e. The van der Waals surface area contributed by atoms with Gasteiger partial charge >= 0.3 is 12.0 Å². The van der Waals surface area contributed by atoms with Crippen molar-refractivity contribution in [3.05, 3.63) is 29.3 Å². The minimum Gasteiger partial charge on any atom is -0.469 e. The molecule has 1 aromatic carbocycles. The van der Waals surface area contributed by atoms with E-state index in [2.05, 4.69) is 35.0 Å². The Bertz CT molecular complexity index is 775. The van der Waals surface area contributed by atoms with E-state index >= 15 is 0 Å². The van der Waals surface area contributed by atoms with E-state index in [1.54, 1.807) is 0 Å². The summed E-state index contributed by atoms with van der Waals surface area (Å²) in [4.78, 5) is 31.8. The van der Waals surface area contributed by atoms with E-state index in [9.17, 15) is 9.59 Å². The van der Waals surface area contributed by atoms with Crippen LogP contribution in [0.2, 0.25) is 0 Å². The van der Waals surface area contributed by atoms with Crippen LogP contribution < -0.4 is 4.90 Å². The van der Waals surface area contributed by atoms with Gasteiger partial charge in [0.05, 0.1) is 13.2 Å². The van der Waals surface area contributed by atoms with Crippen molar-refractivity contribution in [2.45, 2.75) is 69.9 Å². The van der Waals surface area contributed by atoms with Crippen LogP contribution in [0.3, 0.4) is 0 Å². The van der Waals surface area contributed by atoms with Crippen LogP contribution in [-0.4, -0.2) is 67.7 Å². The summed E-state index contributed by atoms with van der Waals surface area (Å²) in [5.41, 5.74) is 3.73. The van der Waals surface area contributed by atoms with Crippen LogP contribution in [0, 0.1) is 0 Å². The molecule has 1 aromatic rings. The Morgan fingerprint density at radius 1 is 1.10 bits per heavy atom. The normalized spacial score (nSPS) is 23.4. The fourth-order valence-electron chi connectivity index (χ4n) is 5.28. The van der Waals surface area contributed by atoms with Crippen molar-refractivity contribution in [1.29, 1.82) is 0 Å². The van der Waals surface area contributed by atoms with Gasteiger partial charge in [0.1, 0.15) is 0 Å². The largest absolute Gasteiger partial charge is 0.469 e. The number of esters is 1. The fourth-order valence-corrected chi connectivity index (χ4v) is 5.28. The van der Waals surface area contributed by atoms with Crippen molar-refractivity contribution in [3.63, 3.8) is 0 Å². The number of rotatable bonds is 5. The third-order valence-electron chi connectivity index (χ3n) is 7.14. The first-order valence-corrected chi connectivity index (χ1v) is 11.5. The maximum Gasteiger partial charge on any atom is 0.325 e. The van der Waals surface area contributed by atoms with Gasteiger partial charge in [-0.05, 0) is 62.4 Å². The number of carbonyl (C=O) groups is 2. The third-order valence-corrected chi connectivity index (χ3v) is 7.14. The molecule has 1 saturated carbocycles. The Hall–Kier alpha value is -2.08. The molecule has 6 nitrogen and oxygen atoms in total. The summed E-state index contributed by atoms with van der Waals surface area (Å²) in [6, 6.07) is 7.01. The van der Waals surface area contributed by atoms with E-state index in [4.69, 9.17) is 4.74 Å². The van der Waals surface area contributed by atoms with Gasteiger partial charge in [-0.2, -0.15) is 0 Å². The van der Waals surface area contributed by atoms with E-state index in [1.165, 1.54) is 37.5 Å². The molecule has 0 radical (unpaired) electrons. The molecule has 1 aliphatic carbocycles. The first-order chi connectivity index (χ1) is 14.6. The van der Waals surface area contributed by atoms with E-state index in [0.29, 0.717) is 25.4 Å². The number of likely N-dealkylation sites (N-methyl/N-ethyl adjacent to an activating group) is 1. The van der Waals surface area contributed by atoms with Crippen molar-refractivity contribution in [1.82, 2.24) is 9.80 Å². The van der Waals surface area contributed by atoms with E-state index in [-0.39, 0.29) is 18.0 Å². The number of hydrogen-bond acceptors (Lipinski definition) is 4. The highest BCUT2D eigenvalue weighted by Gasteiger charge is 2.41. The molecule has 0 aromatic heterocycles. The Morgan fingerprint density at radius 3 is 2.57 bits per heavy atom. The molecule has 30 heavy (non-hydrogen) atoms. The summed E-state index contributed by atoms with van der Waals surface area (Å²) in [6.07, 6.45) is 8.93.